The van der Waals surface area contributed by atoms with Gasteiger partial charge in [0.2, 0.25) is 0 Å². The van der Waals surface area contributed by atoms with Crippen LogP contribution in [0.5, 0.6) is 0 Å². The van der Waals surface area contributed by atoms with Crippen molar-refractivity contribution in [2.24, 2.45) is 15.9 Å². The lowest BCUT2D eigenvalue weighted by Crippen LogP contribution is -2.43. The summed E-state index contributed by atoms with van der Waals surface area (Å²) in [7, 11) is 0. The summed E-state index contributed by atoms with van der Waals surface area (Å²) >= 11 is 1.46. The highest BCUT2D eigenvalue weighted by molar-refractivity contribution is 8.13. The number of amidine groups is 1. The number of thioether (sulfide) groups is 1. The predicted molar refractivity (Wildman–Crippen MR) is 139 cm³/mol. The molecule has 1 fully saturated rings. The van der Waals surface area contributed by atoms with Crippen LogP contribution in [0.3, 0.4) is 0 Å². The van der Waals surface area contributed by atoms with E-state index in [9.17, 15) is 4.79 Å². The lowest BCUT2D eigenvalue weighted by Gasteiger charge is -2.33. The summed E-state index contributed by atoms with van der Waals surface area (Å²) in [4.78, 5) is 13.9. The van der Waals surface area contributed by atoms with Crippen LogP contribution in [0.4, 0.5) is 4.79 Å². The van der Waals surface area contributed by atoms with E-state index >= 15 is 0 Å². The van der Waals surface area contributed by atoms with E-state index in [1.165, 1.54) is 17.3 Å². The number of ether oxygens (including phenoxy) is 2. The standard InChI is InChI=1S/C26H34N4O3S/c1-26(2,3)33-25(31)30-15-13-23(14-16-30)32-18-21-11-9-20(10-12-21)17-28-29-24(27)34-19-22-7-5-4-6-8-22/h4-12,17,23H,13-16,18-19H2,1-3H3,(H2,27,29). The van der Waals surface area contributed by atoms with Gasteiger partial charge in [-0.05, 0) is 50.3 Å². The van der Waals surface area contributed by atoms with Gasteiger partial charge in [0.1, 0.15) is 5.60 Å². The van der Waals surface area contributed by atoms with Crippen LogP contribution in [0.25, 0.3) is 0 Å². The summed E-state index contributed by atoms with van der Waals surface area (Å²) in [6.07, 6.45) is 3.21. The first kappa shape index (κ1) is 25.8. The minimum absolute atomic E-state index is 0.144. The lowest BCUT2D eigenvalue weighted by molar-refractivity contribution is -0.0170. The van der Waals surface area contributed by atoms with Gasteiger partial charge < -0.3 is 20.1 Å². The highest BCUT2D eigenvalue weighted by Crippen LogP contribution is 2.19. The van der Waals surface area contributed by atoms with Gasteiger partial charge in [-0.25, -0.2) is 4.79 Å². The summed E-state index contributed by atoms with van der Waals surface area (Å²) in [5.74, 6) is 0.764. The predicted octanol–water partition coefficient (Wildman–Crippen LogP) is 5.18. The van der Waals surface area contributed by atoms with E-state index in [0.29, 0.717) is 24.9 Å². The van der Waals surface area contributed by atoms with Gasteiger partial charge in [-0.15, -0.1) is 5.10 Å². The number of nitrogens with two attached hydrogens (primary N) is 1. The number of benzene rings is 2. The molecule has 1 saturated heterocycles. The molecule has 0 unspecified atom stereocenters. The van der Waals surface area contributed by atoms with Crippen molar-refractivity contribution in [3.63, 3.8) is 0 Å². The Labute approximate surface area is 206 Å². The van der Waals surface area contributed by atoms with Gasteiger partial charge in [-0.3, -0.25) is 0 Å². The van der Waals surface area contributed by atoms with Crippen molar-refractivity contribution in [2.45, 2.75) is 57.7 Å². The molecule has 0 atom stereocenters. The number of rotatable bonds is 7. The molecule has 2 N–H and O–H groups in total. The third kappa shape index (κ3) is 9.19. The van der Waals surface area contributed by atoms with Crippen molar-refractivity contribution in [2.75, 3.05) is 13.1 Å². The van der Waals surface area contributed by atoms with E-state index in [1.807, 2.05) is 63.2 Å². The fourth-order valence-electron chi connectivity index (χ4n) is 3.36. The molecule has 3 rings (SSSR count). The lowest BCUT2D eigenvalue weighted by atomic mass is 10.1. The van der Waals surface area contributed by atoms with E-state index < -0.39 is 5.60 Å². The Balaban J connectivity index is 1.37. The van der Waals surface area contributed by atoms with Gasteiger partial charge in [0, 0.05) is 18.8 Å². The molecule has 1 heterocycles. The summed E-state index contributed by atoms with van der Waals surface area (Å²) in [6.45, 7) is 7.49. The topological polar surface area (TPSA) is 89.5 Å². The molecule has 1 aliphatic rings. The summed E-state index contributed by atoms with van der Waals surface area (Å²) in [5.41, 5.74) is 8.69. The molecule has 2 aromatic carbocycles. The highest BCUT2D eigenvalue weighted by atomic mass is 32.2. The molecule has 0 radical (unpaired) electrons. The van der Waals surface area contributed by atoms with E-state index in [-0.39, 0.29) is 12.2 Å². The molecule has 182 valence electrons. The zero-order valence-corrected chi connectivity index (χ0v) is 21.0. The summed E-state index contributed by atoms with van der Waals surface area (Å²) < 4.78 is 11.5. The number of carbonyl (C=O) groups is 1. The van der Waals surface area contributed by atoms with Gasteiger partial charge in [-0.2, -0.15) is 5.10 Å². The third-order valence-corrected chi connectivity index (χ3v) is 6.01. The van der Waals surface area contributed by atoms with Crippen LogP contribution in [0.2, 0.25) is 0 Å². The second kappa shape index (κ2) is 12.6. The molecular weight excluding hydrogens is 448 g/mol. The Hall–Kier alpha value is -2.84. The maximum atomic E-state index is 12.2. The van der Waals surface area contributed by atoms with Gasteiger partial charge in [0.15, 0.2) is 5.17 Å². The second-order valence-corrected chi connectivity index (χ2v) is 10.2. The van der Waals surface area contributed by atoms with Crippen molar-refractivity contribution in [1.82, 2.24) is 4.90 Å². The smallest absolute Gasteiger partial charge is 0.410 e. The molecule has 0 saturated carbocycles. The molecule has 7 nitrogen and oxygen atoms in total. The molecule has 2 aromatic rings. The van der Waals surface area contributed by atoms with Crippen molar-refractivity contribution < 1.29 is 14.3 Å². The maximum Gasteiger partial charge on any atom is 0.410 e. The summed E-state index contributed by atoms with van der Waals surface area (Å²) in [6, 6.07) is 18.1. The minimum Gasteiger partial charge on any atom is -0.444 e. The normalized spacial score (nSPS) is 15.6. The number of amides is 1. The van der Waals surface area contributed by atoms with Crippen molar-refractivity contribution in [3.05, 3.63) is 71.3 Å². The minimum atomic E-state index is -0.471. The second-order valence-electron chi connectivity index (χ2n) is 9.18. The Morgan fingerprint density at radius 2 is 1.76 bits per heavy atom. The zero-order chi connectivity index (χ0) is 24.4. The number of carbonyl (C=O) groups excluding carboxylic acids is 1. The number of likely N-dealkylation sites (tertiary alicyclic amines) is 1. The van der Waals surface area contributed by atoms with Gasteiger partial charge in [-0.1, -0.05) is 66.4 Å². The fourth-order valence-corrected chi connectivity index (χ4v) is 3.97. The van der Waals surface area contributed by atoms with E-state index in [0.717, 1.165) is 29.7 Å². The Kier molecular flexibility index (Phi) is 9.53. The van der Waals surface area contributed by atoms with Crippen LogP contribution >= 0.6 is 11.8 Å². The molecule has 0 aromatic heterocycles. The zero-order valence-electron chi connectivity index (χ0n) is 20.1. The summed E-state index contributed by atoms with van der Waals surface area (Å²) in [5, 5.41) is 8.58. The average Bonchev–Trinajstić information content (AvgIpc) is 2.82. The molecule has 8 heteroatoms. The van der Waals surface area contributed by atoms with Crippen molar-refractivity contribution in [1.29, 1.82) is 0 Å². The van der Waals surface area contributed by atoms with Crippen LogP contribution in [0.15, 0.2) is 64.8 Å². The molecule has 0 aliphatic carbocycles. The average molecular weight is 483 g/mol. The van der Waals surface area contributed by atoms with E-state index in [4.69, 9.17) is 15.2 Å². The molecule has 1 amide bonds. The van der Waals surface area contributed by atoms with Crippen LogP contribution in [-0.4, -0.2) is 47.2 Å². The van der Waals surface area contributed by atoms with E-state index in [2.05, 4.69) is 22.3 Å². The van der Waals surface area contributed by atoms with E-state index in [1.54, 1.807) is 11.1 Å². The quantitative estimate of drug-likeness (QED) is 0.333. The first-order valence-electron chi connectivity index (χ1n) is 11.5. The van der Waals surface area contributed by atoms with Crippen molar-refractivity contribution in [3.8, 4) is 0 Å². The fraction of sp³-hybridized carbons (Fsp3) is 0.423. The molecular formula is C26H34N4O3S. The van der Waals surface area contributed by atoms with Gasteiger partial charge in [0.25, 0.3) is 0 Å². The first-order chi connectivity index (χ1) is 16.3. The van der Waals surface area contributed by atoms with Crippen LogP contribution in [0.1, 0.15) is 50.3 Å². The maximum absolute atomic E-state index is 12.2. The van der Waals surface area contributed by atoms with Gasteiger partial charge >= 0.3 is 6.09 Å². The monoisotopic (exact) mass is 482 g/mol. The van der Waals surface area contributed by atoms with Crippen LogP contribution in [0, 0.1) is 0 Å². The van der Waals surface area contributed by atoms with Crippen LogP contribution in [-0.2, 0) is 21.8 Å². The number of piperidine rings is 1. The van der Waals surface area contributed by atoms with Gasteiger partial charge in [0.05, 0.1) is 18.9 Å². The Morgan fingerprint density at radius 3 is 2.41 bits per heavy atom. The van der Waals surface area contributed by atoms with Crippen LogP contribution < -0.4 is 5.73 Å². The number of hydrogen-bond acceptors (Lipinski definition) is 6. The molecule has 0 spiro atoms. The molecule has 34 heavy (non-hydrogen) atoms. The number of hydrogen-bond donors (Lipinski definition) is 1. The Morgan fingerprint density at radius 1 is 1.09 bits per heavy atom. The van der Waals surface area contributed by atoms with Crippen molar-refractivity contribution >= 4 is 29.2 Å². The molecule has 0 bridgehead atoms. The third-order valence-electron chi connectivity index (χ3n) is 5.15. The Bertz CT molecular complexity index is 964. The molecule has 1 aliphatic heterocycles. The highest BCUT2D eigenvalue weighted by Gasteiger charge is 2.27. The first-order valence-corrected chi connectivity index (χ1v) is 12.5. The SMILES string of the molecule is CC(C)(C)OC(=O)N1CCC(OCc2ccc(C=NN=C(N)SCc3ccccc3)cc2)CC1. The number of nitrogens with zero attached hydrogens (tertiary/aromatic N) is 3. The largest absolute Gasteiger partial charge is 0.444 e.